The number of ether oxygens (including phenoxy) is 4. The van der Waals surface area contributed by atoms with Crippen molar-refractivity contribution in [1.29, 1.82) is 0 Å². The number of thioether (sulfide) groups is 1. The Morgan fingerprint density at radius 1 is 1.10 bits per heavy atom. The van der Waals surface area contributed by atoms with Gasteiger partial charge in [-0.3, -0.25) is 9.79 Å². The van der Waals surface area contributed by atoms with Gasteiger partial charge in [-0.15, -0.1) is 0 Å². The number of aliphatic hydroxyl groups is 7. The molecule has 0 bridgehead atoms. The van der Waals surface area contributed by atoms with Crippen molar-refractivity contribution >= 4 is 30.3 Å². The van der Waals surface area contributed by atoms with Crippen LogP contribution in [0.2, 0.25) is 0 Å². The normalized spacial score (nSPS) is 52.3. The minimum absolute atomic E-state index is 0.158. The lowest BCUT2D eigenvalue weighted by Crippen LogP contribution is -2.66. The lowest BCUT2D eigenvalue weighted by Gasteiger charge is -2.44. The molecule has 0 aromatic carbocycles. The molecule has 0 unspecified atom stereocenters. The summed E-state index contributed by atoms with van der Waals surface area (Å²) in [5, 5.41) is 77.3. The summed E-state index contributed by atoms with van der Waals surface area (Å²) < 4.78 is 23.3. The van der Waals surface area contributed by atoms with Crippen LogP contribution in [0, 0.1) is 0 Å². The van der Waals surface area contributed by atoms with Gasteiger partial charge in [0.15, 0.2) is 40.2 Å². The maximum atomic E-state index is 12.1. The topological polar surface area (TPSA) is 310 Å². The van der Waals surface area contributed by atoms with E-state index in [1.165, 1.54) is 14.0 Å². The average Bonchev–Trinajstić information content (AvgIpc) is 3.50. The summed E-state index contributed by atoms with van der Waals surface area (Å²) in [6.07, 6.45) is -14.6. The molecule has 0 aromatic heterocycles. The number of aldehydes is 1. The Bertz CT molecular complexity index is 1010. The average molecular weight is 597 g/mol. The Hall–Kier alpha value is -1.72. The minimum atomic E-state index is -2.37. The second-order valence-corrected chi connectivity index (χ2v) is 11.5. The molecule has 1 aliphatic carbocycles. The predicted octanol–water partition coefficient (Wildman–Crippen LogP) is -7.05. The number of fused-ring (bicyclic) bond motifs is 1. The SMILES string of the molecule is CN[C@@H]1[C@H](O[C@H]2[C@H](O[C@]34S[C@@]3(N=C(N)N)[C@H](O)[C@H](N=CN)[C@H](O)[C@H]4O)O[C@@H](C)[C@]2(O)C=O)O[C@@H](CO)[C@H](O)[C@H]1O. The van der Waals surface area contributed by atoms with Crippen LogP contribution in [-0.2, 0) is 23.7 Å². The Labute approximate surface area is 232 Å². The van der Waals surface area contributed by atoms with Gasteiger partial charge in [-0.25, -0.2) is 4.99 Å². The molecule has 3 aliphatic heterocycles. The minimum Gasteiger partial charge on any atom is -0.394 e. The molecule has 18 nitrogen and oxygen atoms in total. The van der Waals surface area contributed by atoms with Crippen molar-refractivity contribution < 1.29 is 59.5 Å². The van der Waals surface area contributed by atoms with E-state index < -0.39 is 101 Å². The molecule has 0 spiro atoms. The van der Waals surface area contributed by atoms with E-state index in [0.717, 1.165) is 18.1 Å². The first-order valence-electron chi connectivity index (χ1n) is 12.3. The smallest absolute Gasteiger partial charge is 0.189 e. The molecule has 0 amide bonds. The van der Waals surface area contributed by atoms with Gasteiger partial charge in [-0.2, -0.15) is 0 Å². The lowest BCUT2D eigenvalue weighted by atomic mass is 9.81. The summed E-state index contributed by atoms with van der Waals surface area (Å²) >= 11 is 0.726. The maximum absolute atomic E-state index is 12.1. The summed E-state index contributed by atoms with van der Waals surface area (Å²) in [5.41, 5.74) is 14.2. The van der Waals surface area contributed by atoms with Crippen LogP contribution in [0.5, 0.6) is 0 Å². The van der Waals surface area contributed by atoms with E-state index >= 15 is 0 Å². The Morgan fingerprint density at radius 2 is 1.77 bits per heavy atom. The van der Waals surface area contributed by atoms with Gasteiger partial charge in [-0.1, -0.05) is 11.8 Å². The van der Waals surface area contributed by atoms with E-state index in [2.05, 4.69) is 15.3 Å². The van der Waals surface area contributed by atoms with Crippen molar-refractivity contribution in [2.45, 2.75) is 95.8 Å². The van der Waals surface area contributed by atoms with Gasteiger partial charge in [0, 0.05) is 0 Å². The van der Waals surface area contributed by atoms with Crippen LogP contribution in [0.25, 0.3) is 0 Å². The van der Waals surface area contributed by atoms with Crippen LogP contribution >= 0.6 is 11.8 Å². The van der Waals surface area contributed by atoms with Crippen LogP contribution in [0.3, 0.4) is 0 Å². The van der Waals surface area contributed by atoms with E-state index in [-0.39, 0.29) is 6.29 Å². The molecule has 19 heteroatoms. The van der Waals surface area contributed by atoms with Gasteiger partial charge in [0.05, 0.1) is 25.1 Å². The Kier molecular flexibility index (Phi) is 8.72. The van der Waals surface area contributed by atoms with E-state index in [4.69, 9.17) is 36.1 Å². The Balaban J connectivity index is 1.70. The van der Waals surface area contributed by atoms with Crippen LogP contribution in [-0.4, -0.2) is 157 Å². The van der Waals surface area contributed by atoms with Crippen molar-refractivity contribution in [1.82, 2.24) is 5.32 Å². The van der Waals surface area contributed by atoms with Crippen molar-refractivity contribution in [3.63, 3.8) is 0 Å². The zero-order valence-corrected chi connectivity index (χ0v) is 22.3. The van der Waals surface area contributed by atoms with Gasteiger partial charge in [-0.05, 0) is 14.0 Å². The molecule has 4 fully saturated rings. The quantitative estimate of drug-likeness (QED) is 0.0509. The van der Waals surface area contributed by atoms with E-state index in [9.17, 15) is 40.5 Å². The molecule has 4 aliphatic rings. The number of nitrogens with two attached hydrogens (primary N) is 3. The maximum Gasteiger partial charge on any atom is 0.189 e. The molecule has 40 heavy (non-hydrogen) atoms. The molecular formula is C21H36N6O12S. The largest absolute Gasteiger partial charge is 0.394 e. The highest BCUT2D eigenvalue weighted by atomic mass is 32.2. The number of likely N-dealkylation sites (N-methyl/N-ethyl adjacent to an activating group) is 1. The first kappa shape index (κ1) is 31.2. The molecule has 1 saturated carbocycles. The number of hydrogen-bond donors (Lipinski definition) is 11. The summed E-state index contributed by atoms with van der Waals surface area (Å²) in [5.74, 6) is -0.496. The highest BCUT2D eigenvalue weighted by Crippen LogP contribution is 2.72. The fourth-order valence-corrected chi connectivity index (χ4v) is 7.02. The third-order valence-corrected chi connectivity index (χ3v) is 9.47. The van der Waals surface area contributed by atoms with E-state index in [0.29, 0.717) is 0 Å². The number of nitrogens with one attached hydrogen (secondary N) is 1. The predicted molar refractivity (Wildman–Crippen MR) is 135 cm³/mol. The summed E-state index contributed by atoms with van der Waals surface area (Å²) in [4.78, 5) is 16.2. The van der Waals surface area contributed by atoms with Gasteiger partial charge in [0.1, 0.15) is 48.8 Å². The zero-order chi connectivity index (χ0) is 29.8. The number of carbonyl (C=O) groups is 1. The number of aliphatic imine (C=N–C) groups is 2. The zero-order valence-electron chi connectivity index (χ0n) is 21.5. The van der Waals surface area contributed by atoms with Crippen LogP contribution in [0.15, 0.2) is 9.98 Å². The number of carbonyl (C=O) groups excluding carboxylic acids is 1. The van der Waals surface area contributed by atoms with Crippen molar-refractivity contribution in [2.75, 3.05) is 13.7 Å². The second kappa shape index (κ2) is 11.2. The fraction of sp³-hybridized carbons (Fsp3) is 0.857. The summed E-state index contributed by atoms with van der Waals surface area (Å²) in [6, 6.07) is -2.47. The van der Waals surface area contributed by atoms with E-state index in [1.54, 1.807) is 0 Å². The van der Waals surface area contributed by atoms with Gasteiger partial charge in [0.25, 0.3) is 0 Å². The van der Waals surface area contributed by atoms with Gasteiger partial charge >= 0.3 is 0 Å². The molecule has 3 heterocycles. The molecule has 15 atom stereocenters. The van der Waals surface area contributed by atoms with Crippen LogP contribution in [0.1, 0.15) is 6.92 Å². The molecule has 0 aromatic rings. The van der Waals surface area contributed by atoms with Crippen LogP contribution < -0.4 is 22.5 Å². The van der Waals surface area contributed by atoms with Crippen LogP contribution in [0.4, 0.5) is 0 Å². The monoisotopic (exact) mass is 596 g/mol. The molecular weight excluding hydrogens is 560 g/mol. The third-order valence-electron chi connectivity index (χ3n) is 7.77. The first-order valence-corrected chi connectivity index (χ1v) is 13.2. The number of aliphatic hydroxyl groups excluding tert-OH is 6. The van der Waals surface area contributed by atoms with E-state index in [1.807, 2.05) is 0 Å². The third kappa shape index (κ3) is 4.58. The lowest BCUT2D eigenvalue weighted by molar-refractivity contribution is -0.315. The first-order chi connectivity index (χ1) is 18.8. The molecule has 3 saturated heterocycles. The Morgan fingerprint density at radius 3 is 2.33 bits per heavy atom. The molecule has 14 N–H and O–H groups in total. The number of guanidine groups is 1. The van der Waals surface area contributed by atoms with Crippen molar-refractivity contribution in [3.05, 3.63) is 0 Å². The fourth-order valence-electron chi connectivity index (χ4n) is 5.46. The second-order valence-electron chi connectivity index (χ2n) is 10.0. The number of nitrogens with zero attached hydrogens (tertiary/aromatic N) is 2. The van der Waals surface area contributed by atoms with Crippen molar-refractivity contribution in [3.8, 4) is 0 Å². The number of hydrogen-bond acceptors (Lipinski definition) is 16. The standard InChI is InChI=1S/C21H36N6O12S/c1-6-19(35,4-29)15(38-16-9(25-2)11(31)10(30)7(3-28)37-16)17(36-6)39-21-14(34)12(32)8(26-5-22)13(33)20(21,40-21)27-18(23)24/h4-17,25,28,30-35H,3H2,1-2H3,(H2,22,26)(H4,23,24,27)/t6-,7-,8+,9-,10-,11-,12-,13+,14+,15-,16-,17-,19+,20-,21+/m0/s1. The summed E-state index contributed by atoms with van der Waals surface area (Å²) in [6.45, 7) is 0.646. The number of rotatable bonds is 9. The van der Waals surface area contributed by atoms with Gasteiger partial charge < -0.3 is 77.2 Å². The molecule has 228 valence electrons. The highest BCUT2D eigenvalue weighted by Gasteiger charge is 2.85. The van der Waals surface area contributed by atoms with Gasteiger partial charge in [0.2, 0.25) is 0 Å². The van der Waals surface area contributed by atoms with Crippen molar-refractivity contribution in [2.24, 2.45) is 27.2 Å². The summed E-state index contributed by atoms with van der Waals surface area (Å²) in [7, 11) is 1.43. The molecule has 0 radical (unpaired) electrons. The molecule has 4 rings (SSSR count). The highest BCUT2D eigenvalue weighted by molar-refractivity contribution is 8.09.